The molecule has 1 N–H and O–H groups in total. The number of rotatable bonds is 4. The summed E-state index contributed by atoms with van der Waals surface area (Å²) in [7, 11) is 0. The van der Waals surface area contributed by atoms with Gasteiger partial charge in [0.05, 0.1) is 5.69 Å². The fraction of sp³-hybridized carbons (Fsp3) is 0.190. The summed E-state index contributed by atoms with van der Waals surface area (Å²) in [5.74, 6) is 0.930. The summed E-state index contributed by atoms with van der Waals surface area (Å²) in [5, 5.41) is 3.75. The van der Waals surface area contributed by atoms with Crippen molar-refractivity contribution in [2.75, 3.05) is 5.32 Å². The molecule has 2 unspecified atom stereocenters. The summed E-state index contributed by atoms with van der Waals surface area (Å²) < 4.78 is 0. The number of carbonyl (C=O) groups excluding carboxylic acids is 1. The lowest BCUT2D eigenvalue weighted by molar-refractivity contribution is -0.117. The van der Waals surface area contributed by atoms with Crippen molar-refractivity contribution in [1.82, 2.24) is 9.97 Å². The highest BCUT2D eigenvalue weighted by Gasteiger charge is 2.44. The highest BCUT2D eigenvalue weighted by Crippen LogP contribution is 2.50. The van der Waals surface area contributed by atoms with Crippen LogP contribution in [0.4, 0.5) is 5.69 Å². The first-order valence-corrected chi connectivity index (χ1v) is 8.95. The van der Waals surface area contributed by atoms with Crippen LogP contribution in [0.1, 0.15) is 23.7 Å². The van der Waals surface area contributed by atoms with Gasteiger partial charge in [0.1, 0.15) is 5.82 Å². The lowest BCUT2D eigenvalue weighted by Gasteiger charge is -2.08. The van der Waals surface area contributed by atoms with Crippen LogP contribution < -0.4 is 5.32 Å². The number of halogens is 1. The second kappa shape index (κ2) is 6.89. The molecule has 0 saturated heterocycles. The molecule has 2 aromatic carbocycles. The van der Waals surface area contributed by atoms with Gasteiger partial charge in [0, 0.05) is 28.4 Å². The topological polar surface area (TPSA) is 54.9 Å². The molecule has 130 valence electrons. The predicted molar refractivity (Wildman–Crippen MR) is 103 cm³/mol. The van der Waals surface area contributed by atoms with Crippen molar-refractivity contribution in [3.63, 3.8) is 0 Å². The lowest BCUT2D eigenvalue weighted by atomic mass is 10.1. The van der Waals surface area contributed by atoms with Gasteiger partial charge in [-0.1, -0.05) is 41.9 Å². The summed E-state index contributed by atoms with van der Waals surface area (Å²) in [6.45, 7) is 1.86. The minimum atomic E-state index is -0.0279. The third kappa shape index (κ3) is 3.46. The normalized spacial score (nSPS) is 18.4. The van der Waals surface area contributed by atoms with Crippen molar-refractivity contribution in [3.05, 3.63) is 77.2 Å². The van der Waals surface area contributed by atoms with Gasteiger partial charge in [0.15, 0.2) is 0 Å². The molecule has 4 nitrogen and oxygen atoms in total. The maximum Gasteiger partial charge on any atom is 0.228 e. The molecule has 1 aromatic heterocycles. The molecule has 3 aromatic rings. The molecule has 2 atom stereocenters. The largest absolute Gasteiger partial charge is 0.326 e. The van der Waals surface area contributed by atoms with Gasteiger partial charge < -0.3 is 5.32 Å². The zero-order chi connectivity index (χ0) is 18.1. The Bertz CT molecular complexity index is 973. The minimum Gasteiger partial charge on any atom is -0.326 e. The molecule has 1 heterocycles. The summed E-state index contributed by atoms with van der Waals surface area (Å²) >= 11 is 6.25. The summed E-state index contributed by atoms with van der Waals surface area (Å²) in [4.78, 5) is 21.1. The van der Waals surface area contributed by atoms with Crippen molar-refractivity contribution in [2.45, 2.75) is 19.3 Å². The maximum absolute atomic E-state index is 12.6. The Morgan fingerprint density at radius 1 is 1.15 bits per heavy atom. The van der Waals surface area contributed by atoms with Crippen LogP contribution in [-0.2, 0) is 4.79 Å². The quantitative estimate of drug-likeness (QED) is 0.721. The van der Waals surface area contributed by atoms with Crippen LogP contribution in [-0.4, -0.2) is 15.9 Å². The second-order valence-corrected chi connectivity index (χ2v) is 6.94. The van der Waals surface area contributed by atoms with E-state index in [4.69, 9.17) is 11.6 Å². The van der Waals surface area contributed by atoms with Crippen LogP contribution in [0.2, 0.25) is 5.02 Å². The van der Waals surface area contributed by atoms with E-state index in [0.717, 1.165) is 39.8 Å². The number of hydrogen-bond acceptors (Lipinski definition) is 3. The molecular weight excluding hydrogens is 346 g/mol. The molecule has 26 heavy (non-hydrogen) atoms. The summed E-state index contributed by atoms with van der Waals surface area (Å²) in [5.41, 5.74) is 3.62. The van der Waals surface area contributed by atoms with Crippen LogP contribution in [0.3, 0.4) is 0 Å². The Morgan fingerprint density at radius 2 is 2.00 bits per heavy atom. The van der Waals surface area contributed by atoms with Gasteiger partial charge in [-0.25, -0.2) is 9.97 Å². The number of amides is 1. The van der Waals surface area contributed by atoms with E-state index >= 15 is 0 Å². The Balaban J connectivity index is 1.48. The third-order valence-corrected chi connectivity index (χ3v) is 4.98. The Kier molecular flexibility index (Phi) is 4.43. The first-order chi connectivity index (χ1) is 12.6. The van der Waals surface area contributed by atoms with E-state index in [1.54, 1.807) is 6.20 Å². The van der Waals surface area contributed by atoms with E-state index in [1.807, 2.05) is 61.5 Å². The van der Waals surface area contributed by atoms with Gasteiger partial charge in [-0.15, -0.1) is 0 Å². The fourth-order valence-electron chi connectivity index (χ4n) is 3.21. The van der Waals surface area contributed by atoms with Gasteiger partial charge in [-0.2, -0.15) is 0 Å². The lowest BCUT2D eigenvalue weighted by Crippen LogP contribution is -2.14. The summed E-state index contributed by atoms with van der Waals surface area (Å²) in [6, 6.07) is 17.3. The van der Waals surface area contributed by atoms with Crippen LogP contribution in [0.5, 0.6) is 0 Å². The molecule has 1 aliphatic carbocycles. The van der Waals surface area contributed by atoms with Crippen molar-refractivity contribution in [3.8, 4) is 11.3 Å². The summed E-state index contributed by atoms with van der Waals surface area (Å²) in [6.07, 6.45) is 2.57. The van der Waals surface area contributed by atoms with Crippen molar-refractivity contribution < 1.29 is 4.79 Å². The first-order valence-electron chi connectivity index (χ1n) is 8.57. The predicted octanol–water partition coefficient (Wildman–Crippen LogP) is 4.85. The maximum atomic E-state index is 12.6. The van der Waals surface area contributed by atoms with E-state index < -0.39 is 0 Å². The van der Waals surface area contributed by atoms with Crippen LogP contribution in [0.25, 0.3) is 11.3 Å². The van der Waals surface area contributed by atoms with E-state index in [1.165, 1.54) is 0 Å². The number of hydrogen-bond donors (Lipinski definition) is 1. The Morgan fingerprint density at radius 3 is 2.81 bits per heavy atom. The van der Waals surface area contributed by atoms with Crippen LogP contribution in [0, 0.1) is 12.8 Å². The average molecular weight is 364 g/mol. The molecule has 0 aliphatic heterocycles. The number of carbonyl (C=O) groups is 1. The Hall–Kier alpha value is -2.72. The van der Waals surface area contributed by atoms with E-state index in [-0.39, 0.29) is 17.7 Å². The number of aryl methyl sites for hydroxylation is 1. The molecular formula is C21H18ClN3O. The van der Waals surface area contributed by atoms with Crippen LogP contribution in [0.15, 0.2) is 60.8 Å². The fourth-order valence-corrected chi connectivity index (χ4v) is 3.49. The Labute approximate surface area is 157 Å². The molecule has 1 saturated carbocycles. The van der Waals surface area contributed by atoms with Crippen molar-refractivity contribution in [2.24, 2.45) is 5.92 Å². The number of anilines is 1. The van der Waals surface area contributed by atoms with Gasteiger partial charge in [-0.05, 0) is 49.1 Å². The van der Waals surface area contributed by atoms with Crippen molar-refractivity contribution >= 4 is 23.2 Å². The third-order valence-electron chi connectivity index (χ3n) is 4.63. The molecule has 0 radical (unpaired) electrons. The monoisotopic (exact) mass is 363 g/mol. The number of nitrogens with zero attached hydrogens (tertiary/aromatic N) is 2. The highest BCUT2D eigenvalue weighted by molar-refractivity contribution is 6.31. The standard InChI is InChI=1S/C21H18ClN3O/c1-13-23-10-9-20(24-13)14-5-4-6-15(11-14)25-21(26)18-12-17(18)16-7-2-3-8-19(16)22/h2-11,17-18H,12H2,1H3,(H,25,26). The number of aromatic nitrogens is 2. The minimum absolute atomic E-state index is 0.0279. The van der Waals surface area contributed by atoms with Crippen molar-refractivity contribution in [1.29, 1.82) is 0 Å². The molecule has 4 rings (SSSR count). The van der Waals surface area contributed by atoms with E-state index in [0.29, 0.717) is 0 Å². The zero-order valence-corrected chi connectivity index (χ0v) is 15.1. The second-order valence-electron chi connectivity index (χ2n) is 6.53. The molecule has 1 aliphatic rings. The molecule has 0 bridgehead atoms. The van der Waals surface area contributed by atoms with Crippen LogP contribution >= 0.6 is 11.6 Å². The van der Waals surface area contributed by atoms with Gasteiger partial charge in [0.2, 0.25) is 5.91 Å². The number of nitrogens with one attached hydrogen (secondary N) is 1. The first kappa shape index (κ1) is 16.7. The van der Waals surface area contributed by atoms with Gasteiger partial charge in [0.25, 0.3) is 0 Å². The average Bonchev–Trinajstić information content (AvgIpc) is 3.43. The molecule has 5 heteroatoms. The SMILES string of the molecule is Cc1nccc(-c2cccc(NC(=O)C3CC3c3ccccc3Cl)c2)n1. The van der Waals surface area contributed by atoms with Gasteiger partial charge >= 0.3 is 0 Å². The van der Waals surface area contributed by atoms with Gasteiger partial charge in [-0.3, -0.25) is 4.79 Å². The molecule has 0 spiro atoms. The zero-order valence-electron chi connectivity index (χ0n) is 14.3. The highest BCUT2D eigenvalue weighted by atomic mass is 35.5. The number of benzene rings is 2. The van der Waals surface area contributed by atoms with E-state index in [2.05, 4.69) is 15.3 Å². The van der Waals surface area contributed by atoms with E-state index in [9.17, 15) is 4.79 Å². The molecule has 1 fully saturated rings. The molecule has 1 amide bonds. The smallest absolute Gasteiger partial charge is 0.228 e.